The lowest BCUT2D eigenvalue weighted by Crippen LogP contribution is -2.30. The smallest absolute Gasteiger partial charge is 0.274 e. The van der Waals surface area contributed by atoms with Gasteiger partial charge in [-0.25, -0.2) is 4.68 Å². The van der Waals surface area contributed by atoms with E-state index >= 15 is 0 Å². The van der Waals surface area contributed by atoms with Gasteiger partial charge >= 0.3 is 0 Å². The van der Waals surface area contributed by atoms with E-state index in [0.717, 1.165) is 4.68 Å². The van der Waals surface area contributed by atoms with Crippen molar-refractivity contribution in [3.05, 3.63) is 52.1 Å². The van der Waals surface area contributed by atoms with E-state index in [1.807, 2.05) is 0 Å². The number of nitrogens with one attached hydrogen (secondary N) is 2. The van der Waals surface area contributed by atoms with E-state index in [-0.39, 0.29) is 30.1 Å². The van der Waals surface area contributed by atoms with E-state index in [1.165, 1.54) is 7.05 Å². The van der Waals surface area contributed by atoms with Crippen molar-refractivity contribution in [2.75, 3.05) is 12.4 Å². The number of anilines is 1. The van der Waals surface area contributed by atoms with Crippen LogP contribution >= 0.6 is 0 Å². The van der Waals surface area contributed by atoms with Crippen LogP contribution in [0.1, 0.15) is 22.7 Å². The molecule has 0 atom stereocenters. The van der Waals surface area contributed by atoms with Gasteiger partial charge < -0.3 is 15.2 Å². The molecular weight excluding hydrogens is 338 g/mol. The molecule has 0 saturated heterocycles. The predicted molar refractivity (Wildman–Crippen MR) is 93.9 cm³/mol. The van der Waals surface area contributed by atoms with Crippen molar-refractivity contribution in [2.45, 2.75) is 19.9 Å². The summed E-state index contributed by atoms with van der Waals surface area (Å²) in [6.07, 6.45) is -0.00958. The van der Waals surface area contributed by atoms with Crippen molar-refractivity contribution in [2.24, 2.45) is 0 Å². The molecule has 3 aromatic rings. The molecule has 2 aromatic heterocycles. The van der Waals surface area contributed by atoms with E-state index in [4.69, 9.17) is 4.52 Å². The summed E-state index contributed by atoms with van der Waals surface area (Å²) in [7, 11) is 1.49. The van der Waals surface area contributed by atoms with Gasteiger partial charge in [0, 0.05) is 24.9 Å². The number of aromatic nitrogens is 3. The van der Waals surface area contributed by atoms with Gasteiger partial charge in [0.25, 0.3) is 11.5 Å². The van der Waals surface area contributed by atoms with Crippen LogP contribution in [0.25, 0.3) is 10.8 Å². The van der Waals surface area contributed by atoms with E-state index in [9.17, 15) is 14.4 Å². The highest BCUT2D eigenvalue weighted by molar-refractivity contribution is 6.04. The van der Waals surface area contributed by atoms with Gasteiger partial charge in [0.1, 0.15) is 5.76 Å². The lowest BCUT2D eigenvalue weighted by Gasteiger charge is -2.10. The maximum atomic E-state index is 12.6. The van der Waals surface area contributed by atoms with E-state index < -0.39 is 5.91 Å². The lowest BCUT2D eigenvalue weighted by molar-refractivity contribution is -0.116. The first-order valence-electron chi connectivity index (χ1n) is 7.94. The number of carbonyl (C=O) groups excluding carboxylic acids is 2. The zero-order chi connectivity index (χ0) is 18.7. The van der Waals surface area contributed by atoms with Crippen LogP contribution in [0.4, 0.5) is 5.82 Å². The summed E-state index contributed by atoms with van der Waals surface area (Å²) in [5, 5.41) is 13.7. The van der Waals surface area contributed by atoms with Gasteiger partial charge in [-0.2, -0.15) is 5.10 Å². The monoisotopic (exact) mass is 355 g/mol. The third-order valence-electron chi connectivity index (χ3n) is 3.76. The molecule has 0 spiro atoms. The van der Waals surface area contributed by atoms with Crippen LogP contribution in [-0.4, -0.2) is 33.8 Å². The summed E-state index contributed by atoms with van der Waals surface area (Å²) in [5.74, 6) is 0.124. The number of hydrogen-bond donors (Lipinski definition) is 2. The van der Waals surface area contributed by atoms with Crippen molar-refractivity contribution < 1.29 is 14.1 Å². The molecule has 9 heteroatoms. The minimum atomic E-state index is -0.405. The van der Waals surface area contributed by atoms with Crippen LogP contribution in [0.5, 0.6) is 0 Å². The molecule has 2 heterocycles. The van der Waals surface area contributed by atoms with E-state index in [2.05, 4.69) is 20.9 Å². The van der Waals surface area contributed by atoms with Crippen molar-refractivity contribution in [3.8, 4) is 0 Å². The SMILES string of the molecule is CNC(=O)c1nn(CCC(=O)Nc2cc(C)on2)c(=O)c2ccccc12. The predicted octanol–water partition coefficient (Wildman–Crippen LogP) is 1.08. The summed E-state index contributed by atoms with van der Waals surface area (Å²) in [4.78, 5) is 36.7. The third kappa shape index (κ3) is 3.46. The van der Waals surface area contributed by atoms with Crippen LogP contribution in [0.15, 0.2) is 39.6 Å². The van der Waals surface area contributed by atoms with Crippen molar-refractivity contribution in [1.29, 1.82) is 0 Å². The van der Waals surface area contributed by atoms with Crippen LogP contribution in [-0.2, 0) is 11.3 Å². The van der Waals surface area contributed by atoms with Crippen molar-refractivity contribution in [1.82, 2.24) is 20.3 Å². The second-order valence-electron chi connectivity index (χ2n) is 5.62. The Bertz CT molecular complexity index is 1040. The molecule has 9 nitrogen and oxygen atoms in total. The third-order valence-corrected chi connectivity index (χ3v) is 3.76. The summed E-state index contributed by atoms with van der Waals surface area (Å²) in [6.45, 7) is 1.73. The minimum absolute atomic E-state index is 0.00958. The molecule has 0 radical (unpaired) electrons. The average molecular weight is 355 g/mol. The van der Waals surface area contributed by atoms with Gasteiger partial charge in [-0.1, -0.05) is 23.4 Å². The summed E-state index contributed by atoms with van der Waals surface area (Å²) < 4.78 is 6.00. The molecule has 0 aliphatic carbocycles. The molecule has 0 bridgehead atoms. The average Bonchev–Trinajstić information content (AvgIpc) is 3.05. The molecular formula is C17H17N5O4. The summed E-state index contributed by atoms with van der Waals surface area (Å²) in [5.41, 5.74) is -0.228. The molecule has 0 fully saturated rings. The molecule has 0 aliphatic heterocycles. The second-order valence-corrected chi connectivity index (χ2v) is 5.62. The molecule has 2 amide bonds. The molecule has 3 rings (SSSR count). The standard InChI is InChI=1S/C17H17N5O4/c1-10-9-13(21-26-10)19-14(23)7-8-22-17(25)12-6-4-3-5-11(12)15(20-22)16(24)18-2/h3-6,9H,7-8H2,1-2H3,(H,18,24)(H,19,21,23). The maximum absolute atomic E-state index is 12.6. The topological polar surface area (TPSA) is 119 Å². The van der Waals surface area contributed by atoms with Gasteiger partial charge in [-0.05, 0) is 13.0 Å². The minimum Gasteiger partial charge on any atom is -0.360 e. The number of carbonyl (C=O) groups is 2. The Morgan fingerprint density at radius 2 is 1.96 bits per heavy atom. The van der Waals surface area contributed by atoms with Crippen LogP contribution in [0, 0.1) is 6.92 Å². The largest absolute Gasteiger partial charge is 0.360 e. The molecule has 0 aliphatic rings. The van der Waals surface area contributed by atoms with Gasteiger partial charge in [-0.15, -0.1) is 0 Å². The van der Waals surface area contributed by atoms with E-state index in [0.29, 0.717) is 22.4 Å². The number of fused-ring (bicyclic) bond motifs is 1. The Hall–Kier alpha value is -3.49. The highest BCUT2D eigenvalue weighted by Gasteiger charge is 2.16. The first-order valence-corrected chi connectivity index (χ1v) is 7.94. The van der Waals surface area contributed by atoms with Crippen LogP contribution < -0.4 is 16.2 Å². The first kappa shape index (κ1) is 17.3. The van der Waals surface area contributed by atoms with Gasteiger partial charge in [0.2, 0.25) is 5.91 Å². The summed E-state index contributed by atoms with van der Waals surface area (Å²) in [6, 6.07) is 8.32. The molecule has 26 heavy (non-hydrogen) atoms. The Morgan fingerprint density at radius 3 is 2.62 bits per heavy atom. The van der Waals surface area contributed by atoms with Crippen LogP contribution in [0.3, 0.4) is 0 Å². The molecule has 134 valence electrons. The zero-order valence-corrected chi connectivity index (χ0v) is 14.3. The van der Waals surface area contributed by atoms with Crippen molar-refractivity contribution in [3.63, 3.8) is 0 Å². The highest BCUT2D eigenvalue weighted by atomic mass is 16.5. The quantitative estimate of drug-likeness (QED) is 0.707. The molecule has 1 aromatic carbocycles. The Morgan fingerprint density at radius 1 is 1.23 bits per heavy atom. The molecule has 0 unspecified atom stereocenters. The second kappa shape index (κ2) is 7.18. The van der Waals surface area contributed by atoms with Crippen molar-refractivity contribution >= 4 is 28.4 Å². The number of benzene rings is 1. The van der Waals surface area contributed by atoms with E-state index in [1.54, 1.807) is 37.3 Å². The fraction of sp³-hybridized carbons (Fsp3) is 0.235. The Labute approximate surface area is 148 Å². The lowest BCUT2D eigenvalue weighted by atomic mass is 10.1. The van der Waals surface area contributed by atoms with Gasteiger partial charge in [0.15, 0.2) is 11.5 Å². The molecule has 2 N–H and O–H groups in total. The molecule has 0 saturated carbocycles. The zero-order valence-electron chi connectivity index (χ0n) is 14.3. The Kier molecular flexibility index (Phi) is 4.78. The first-order chi connectivity index (χ1) is 12.5. The summed E-state index contributed by atoms with van der Waals surface area (Å²) >= 11 is 0. The number of hydrogen-bond acceptors (Lipinski definition) is 6. The van der Waals surface area contributed by atoms with Crippen LogP contribution in [0.2, 0.25) is 0 Å². The number of rotatable bonds is 5. The fourth-order valence-electron chi connectivity index (χ4n) is 2.51. The maximum Gasteiger partial charge on any atom is 0.274 e. The Balaban J connectivity index is 1.85. The van der Waals surface area contributed by atoms with Gasteiger partial charge in [0.05, 0.1) is 11.9 Å². The highest BCUT2D eigenvalue weighted by Crippen LogP contribution is 2.13. The van der Waals surface area contributed by atoms with Gasteiger partial charge in [-0.3, -0.25) is 14.4 Å². The normalized spacial score (nSPS) is 10.7. The number of amides is 2. The fourth-order valence-corrected chi connectivity index (χ4v) is 2.51. The number of aryl methyl sites for hydroxylation is 2. The number of nitrogens with zero attached hydrogens (tertiary/aromatic N) is 3.